The number of benzene rings is 1. The lowest BCUT2D eigenvalue weighted by atomic mass is 9.99. The van der Waals surface area contributed by atoms with Crippen LogP contribution in [-0.4, -0.2) is 4.98 Å². The Kier molecular flexibility index (Phi) is 2.98. The highest BCUT2D eigenvalue weighted by Gasteiger charge is 2.12. The zero-order valence-electron chi connectivity index (χ0n) is 8.08. The quantitative estimate of drug-likeness (QED) is 0.791. The van der Waals surface area contributed by atoms with E-state index in [-0.39, 0.29) is 5.92 Å². The lowest BCUT2D eigenvalue weighted by molar-refractivity contribution is 0.491. The molecule has 0 aliphatic rings. The van der Waals surface area contributed by atoms with Gasteiger partial charge in [-0.15, -0.1) is 0 Å². The molecule has 0 aliphatic heterocycles. The van der Waals surface area contributed by atoms with Crippen LogP contribution in [0.25, 0.3) is 0 Å². The van der Waals surface area contributed by atoms with Gasteiger partial charge in [0, 0.05) is 5.92 Å². The number of aromatic nitrogens is 1. The van der Waals surface area contributed by atoms with E-state index >= 15 is 0 Å². The van der Waals surface area contributed by atoms with Gasteiger partial charge in [0.15, 0.2) is 6.39 Å². The van der Waals surface area contributed by atoms with Crippen molar-refractivity contribution in [2.24, 2.45) is 0 Å². The van der Waals surface area contributed by atoms with Gasteiger partial charge in [-0.3, -0.25) is 0 Å². The van der Waals surface area contributed by atoms with Crippen LogP contribution in [0.5, 0.6) is 0 Å². The summed E-state index contributed by atoms with van der Waals surface area (Å²) >= 11 is 11.8. The third kappa shape index (κ3) is 2.16. The minimum Gasteiger partial charge on any atom is -0.448 e. The summed E-state index contributed by atoms with van der Waals surface area (Å²) < 4.78 is 5.23. The highest BCUT2D eigenvalue weighted by Crippen LogP contribution is 2.29. The zero-order valence-corrected chi connectivity index (χ0v) is 9.59. The normalized spacial score (nSPS) is 12.7. The Bertz CT molecular complexity index is 454. The van der Waals surface area contributed by atoms with Crippen LogP contribution in [0.15, 0.2) is 35.2 Å². The maximum Gasteiger partial charge on any atom is 0.180 e. The molecular formula is C11H9Cl2NO. The van der Waals surface area contributed by atoms with E-state index in [9.17, 15) is 0 Å². The van der Waals surface area contributed by atoms with Gasteiger partial charge in [0.1, 0.15) is 5.76 Å². The van der Waals surface area contributed by atoms with Crippen molar-refractivity contribution >= 4 is 23.2 Å². The van der Waals surface area contributed by atoms with E-state index < -0.39 is 0 Å². The summed E-state index contributed by atoms with van der Waals surface area (Å²) in [5.74, 6) is 0.940. The molecule has 0 aliphatic carbocycles. The first-order valence-electron chi connectivity index (χ1n) is 4.52. The molecule has 2 nitrogen and oxygen atoms in total. The molecule has 0 radical (unpaired) electrons. The molecule has 0 bridgehead atoms. The first-order valence-corrected chi connectivity index (χ1v) is 5.27. The van der Waals surface area contributed by atoms with E-state index in [1.165, 1.54) is 6.39 Å². The minimum absolute atomic E-state index is 0.127. The third-order valence-corrected chi connectivity index (χ3v) is 3.06. The summed E-state index contributed by atoms with van der Waals surface area (Å²) in [6, 6.07) is 5.56. The Balaban J connectivity index is 2.34. The summed E-state index contributed by atoms with van der Waals surface area (Å²) in [7, 11) is 0. The molecule has 78 valence electrons. The van der Waals surface area contributed by atoms with Gasteiger partial charge in [0.2, 0.25) is 0 Å². The molecule has 4 heteroatoms. The average molecular weight is 242 g/mol. The fourth-order valence-corrected chi connectivity index (χ4v) is 1.69. The molecule has 0 N–H and O–H groups in total. The van der Waals surface area contributed by atoms with E-state index in [0.29, 0.717) is 10.0 Å². The first-order chi connectivity index (χ1) is 7.18. The largest absolute Gasteiger partial charge is 0.448 e. The summed E-state index contributed by atoms with van der Waals surface area (Å²) in [5, 5.41) is 1.12. The molecule has 0 amide bonds. The van der Waals surface area contributed by atoms with Crippen LogP contribution in [0.1, 0.15) is 24.2 Å². The zero-order chi connectivity index (χ0) is 10.8. The number of oxazole rings is 1. The highest BCUT2D eigenvalue weighted by molar-refractivity contribution is 6.42. The Hall–Kier alpha value is -0.990. The van der Waals surface area contributed by atoms with E-state index in [0.717, 1.165) is 11.3 Å². The van der Waals surface area contributed by atoms with Crippen molar-refractivity contribution in [1.82, 2.24) is 4.98 Å². The lowest BCUT2D eigenvalue weighted by Gasteiger charge is -2.09. The van der Waals surface area contributed by atoms with Crippen LogP contribution in [0.3, 0.4) is 0 Å². The van der Waals surface area contributed by atoms with Crippen molar-refractivity contribution in [2.45, 2.75) is 12.8 Å². The van der Waals surface area contributed by atoms with Crippen LogP contribution in [0, 0.1) is 0 Å². The van der Waals surface area contributed by atoms with Crippen molar-refractivity contribution in [3.8, 4) is 0 Å². The van der Waals surface area contributed by atoms with Crippen LogP contribution in [-0.2, 0) is 0 Å². The van der Waals surface area contributed by atoms with Gasteiger partial charge in [-0.2, -0.15) is 0 Å². The Labute approximate surface area is 97.8 Å². The van der Waals surface area contributed by atoms with Gasteiger partial charge in [-0.1, -0.05) is 36.2 Å². The maximum atomic E-state index is 5.94. The van der Waals surface area contributed by atoms with Crippen LogP contribution < -0.4 is 0 Å². The monoisotopic (exact) mass is 241 g/mol. The van der Waals surface area contributed by atoms with E-state index in [1.807, 2.05) is 19.1 Å². The molecule has 1 aromatic heterocycles. The van der Waals surface area contributed by atoms with Gasteiger partial charge in [-0.05, 0) is 17.7 Å². The fraction of sp³-hybridized carbons (Fsp3) is 0.182. The number of nitrogens with zero attached hydrogens (tertiary/aromatic N) is 1. The van der Waals surface area contributed by atoms with E-state index in [4.69, 9.17) is 27.6 Å². The molecule has 2 aromatic rings. The number of hydrogen-bond donors (Lipinski definition) is 0. The van der Waals surface area contributed by atoms with E-state index in [1.54, 1.807) is 12.3 Å². The number of rotatable bonds is 2. The van der Waals surface area contributed by atoms with Crippen molar-refractivity contribution in [3.63, 3.8) is 0 Å². The minimum atomic E-state index is 0.127. The molecule has 0 fully saturated rings. The molecule has 2 rings (SSSR count). The molecule has 0 unspecified atom stereocenters. The van der Waals surface area contributed by atoms with Crippen molar-refractivity contribution in [1.29, 1.82) is 0 Å². The van der Waals surface area contributed by atoms with Crippen molar-refractivity contribution < 1.29 is 4.42 Å². The van der Waals surface area contributed by atoms with Gasteiger partial charge in [0.25, 0.3) is 0 Å². The number of halogens is 2. The molecule has 0 saturated heterocycles. The molecule has 15 heavy (non-hydrogen) atoms. The summed E-state index contributed by atoms with van der Waals surface area (Å²) in [6.45, 7) is 2.03. The molecule has 1 heterocycles. The first kappa shape index (κ1) is 10.5. The van der Waals surface area contributed by atoms with Crippen LogP contribution >= 0.6 is 23.2 Å². The molecule has 0 saturated carbocycles. The topological polar surface area (TPSA) is 26.0 Å². The smallest absolute Gasteiger partial charge is 0.180 e. The van der Waals surface area contributed by atoms with Gasteiger partial charge in [-0.25, -0.2) is 4.98 Å². The van der Waals surface area contributed by atoms with Gasteiger partial charge in [0.05, 0.1) is 16.2 Å². The fourth-order valence-electron chi connectivity index (χ4n) is 1.39. The van der Waals surface area contributed by atoms with Crippen molar-refractivity contribution in [2.75, 3.05) is 0 Å². The Morgan fingerprint density at radius 3 is 2.67 bits per heavy atom. The Morgan fingerprint density at radius 2 is 2.07 bits per heavy atom. The highest BCUT2D eigenvalue weighted by atomic mass is 35.5. The second-order valence-corrected chi connectivity index (χ2v) is 4.11. The SMILES string of the molecule is C[C@@H](c1ccc(Cl)c(Cl)c1)c1cnco1. The predicted molar refractivity (Wildman–Crippen MR) is 60.5 cm³/mol. The summed E-state index contributed by atoms with van der Waals surface area (Å²) in [5.41, 5.74) is 1.06. The Morgan fingerprint density at radius 1 is 1.27 bits per heavy atom. The average Bonchev–Trinajstić information content (AvgIpc) is 2.74. The maximum absolute atomic E-state index is 5.94. The standard InChI is InChI=1S/C11H9Cl2NO/c1-7(11-5-14-6-15-11)8-2-3-9(12)10(13)4-8/h2-7H,1H3/t7-/m0/s1. The summed E-state index contributed by atoms with van der Waals surface area (Å²) in [4.78, 5) is 3.88. The van der Waals surface area contributed by atoms with Gasteiger partial charge < -0.3 is 4.42 Å². The number of hydrogen-bond acceptors (Lipinski definition) is 2. The van der Waals surface area contributed by atoms with Crippen LogP contribution in [0.2, 0.25) is 10.0 Å². The third-order valence-electron chi connectivity index (χ3n) is 2.32. The summed E-state index contributed by atoms with van der Waals surface area (Å²) in [6.07, 6.45) is 3.12. The van der Waals surface area contributed by atoms with Crippen molar-refractivity contribution in [3.05, 3.63) is 52.2 Å². The molecule has 0 spiro atoms. The predicted octanol–water partition coefficient (Wildman–Crippen LogP) is 4.13. The molecule has 1 aromatic carbocycles. The van der Waals surface area contributed by atoms with E-state index in [2.05, 4.69) is 4.98 Å². The van der Waals surface area contributed by atoms with Crippen LogP contribution in [0.4, 0.5) is 0 Å². The lowest BCUT2D eigenvalue weighted by Crippen LogP contribution is -1.93. The molecular weight excluding hydrogens is 233 g/mol. The second kappa shape index (κ2) is 4.25. The van der Waals surface area contributed by atoms with Gasteiger partial charge >= 0.3 is 0 Å². The second-order valence-electron chi connectivity index (χ2n) is 3.30. The molecule has 1 atom stereocenters.